The maximum absolute atomic E-state index is 12.3. The Kier molecular flexibility index (Phi) is 4.63. The van der Waals surface area contributed by atoms with Gasteiger partial charge in [-0.2, -0.15) is 4.98 Å². The Hall–Kier alpha value is -1.92. The van der Waals surface area contributed by atoms with Gasteiger partial charge in [-0.15, -0.1) is 12.4 Å². The van der Waals surface area contributed by atoms with E-state index >= 15 is 0 Å². The highest BCUT2D eigenvalue weighted by Crippen LogP contribution is 2.23. The van der Waals surface area contributed by atoms with Crippen LogP contribution in [-0.4, -0.2) is 39.6 Å². The largest absolute Gasteiger partial charge is 0.334 e. The Balaban J connectivity index is 0.00000156. The monoisotopic (exact) mass is 334 g/mol. The Morgan fingerprint density at radius 2 is 2.00 bits per heavy atom. The average Bonchev–Trinajstić information content (AvgIpc) is 3.13. The van der Waals surface area contributed by atoms with Crippen LogP contribution in [0.25, 0.3) is 11.5 Å². The smallest absolute Gasteiger partial charge is 0.257 e. The van der Waals surface area contributed by atoms with Gasteiger partial charge in [0.2, 0.25) is 5.91 Å². The maximum atomic E-state index is 12.3. The van der Waals surface area contributed by atoms with Gasteiger partial charge in [-0.1, -0.05) is 23.4 Å². The molecule has 23 heavy (non-hydrogen) atoms. The highest BCUT2D eigenvalue weighted by Gasteiger charge is 2.33. The molecule has 0 aliphatic carbocycles. The van der Waals surface area contributed by atoms with Crippen molar-refractivity contribution in [3.63, 3.8) is 0 Å². The lowest BCUT2D eigenvalue weighted by atomic mass is 10.1. The molecule has 1 aromatic heterocycles. The van der Waals surface area contributed by atoms with Crippen molar-refractivity contribution in [2.75, 3.05) is 6.54 Å². The third kappa shape index (κ3) is 3.38. The molecule has 1 aromatic carbocycles. The van der Waals surface area contributed by atoms with Gasteiger partial charge in [-0.05, 0) is 25.0 Å². The molecule has 2 aliphatic rings. The van der Waals surface area contributed by atoms with Crippen molar-refractivity contribution in [1.29, 1.82) is 0 Å². The molecule has 122 valence electrons. The molecule has 2 atom stereocenters. The first kappa shape index (κ1) is 16.0. The molecule has 2 aliphatic heterocycles. The Morgan fingerprint density at radius 1 is 1.22 bits per heavy atom. The van der Waals surface area contributed by atoms with Gasteiger partial charge in [0.1, 0.15) is 0 Å². The minimum absolute atomic E-state index is 0. The van der Waals surface area contributed by atoms with Gasteiger partial charge in [0.05, 0.1) is 6.54 Å². The van der Waals surface area contributed by atoms with Crippen LogP contribution < -0.4 is 5.32 Å². The lowest BCUT2D eigenvalue weighted by Gasteiger charge is -2.22. The normalized spacial score (nSPS) is 23.5. The van der Waals surface area contributed by atoms with Crippen LogP contribution in [0.15, 0.2) is 34.9 Å². The fraction of sp³-hybridized carbons (Fsp3) is 0.438. The SMILES string of the molecule is Cl.O=C1C[C@H]2CC[C@@H](CN1Cc1noc(-c3ccccc3)n1)N2. The van der Waals surface area contributed by atoms with Crippen molar-refractivity contribution in [2.45, 2.75) is 37.9 Å². The molecule has 7 heteroatoms. The Morgan fingerprint density at radius 3 is 2.83 bits per heavy atom. The van der Waals surface area contributed by atoms with Gasteiger partial charge < -0.3 is 14.7 Å². The number of rotatable bonds is 3. The zero-order valence-electron chi connectivity index (χ0n) is 12.6. The molecule has 0 radical (unpaired) electrons. The molecular formula is C16H19ClN4O2. The van der Waals surface area contributed by atoms with Gasteiger partial charge in [0, 0.05) is 30.6 Å². The number of carbonyl (C=O) groups excluding carboxylic acids is 1. The average molecular weight is 335 g/mol. The predicted molar refractivity (Wildman–Crippen MR) is 87.0 cm³/mol. The number of amides is 1. The number of fused-ring (bicyclic) bond motifs is 2. The molecule has 2 aromatic rings. The summed E-state index contributed by atoms with van der Waals surface area (Å²) in [6.07, 6.45) is 2.81. The van der Waals surface area contributed by atoms with Crippen LogP contribution in [-0.2, 0) is 11.3 Å². The molecule has 0 saturated carbocycles. The fourth-order valence-corrected chi connectivity index (χ4v) is 3.25. The second kappa shape index (κ2) is 6.68. The van der Waals surface area contributed by atoms with E-state index in [-0.39, 0.29) is 18.3 Å². The van der Waals surface area contributed by atoms with E-state index in [0.29, 0.717) is 36.8 Å². The van der Waals surface area contributed by atoms with E-state index in [0.717, 1.165) is 24.9 Å². The zero-order valence-corrected chi connectivity index (χ0v) is 13.5. The molecule has 0 unspecified atom stereocenters. The first-order chi connectivity index (χ1) is 10.8. The number of benzene rings is 1. The molecule has 2 fully saturated rings. The van der Waals surface area contributed by atoms with Crippen molar-refractivity contribution >= 4 is 18.3 Å². The lowest BCUT2D eigenvalue weighted by molar-refractivity contribution is -0.132. The summed E-state index contributed by atoms with van der Waals surface area (Å²) in [6.45, 7) is 1.14. The predicted octanol–water partition coefficient (Wildman–Crippen LogP) is 2.01. The molecular weight excluding hydrogens is 316 g/mol. The molecule has 2 saturated heterocycles. The van der Waals surface area contributed by atoms with Crippen LogP contribution in [0.4, 0.5) is 0 Å². The quantitative estimate of drug-likeness (QED) is 0.929. The highest BCUT2D eigenvalue weighted by molar-refractivity contribution is 5.85. The van der Waals surface area contributed by atoms with E-state index in [1.54, 1.807) is 0 Å². The molecule has 1 amide bonds. The number of halogens is 1. The summed E-state index contributed by atoms with van der Waals surface area (Å²) in [7, 11) is 0. The van der Waals surface area contributed by atoms with E-state index in [4.69, 9.17) is 4.52 Å². The number of hydrogen-bond acceptors (Lipinski definition) is 5. The third-order valence-corrected chi connectivity index (χ3v) is 4.37. The summed E-state index contributed by atoms with van der Waals surface area (Å²) in [5.74, 6) is 1.23. The van der Waals surface area contributed by atoms with E-state index in [2.05, 4.69) is 15.5 Å². The van der Waals surface area contributed by atoms with Crippen LogP contribution in [0.3, 0.4) is 0 Å². The summed E-state index contributed by atoms with van der Waals surface area (Å²) < 4.78 is 5.31. The fourth-order valence-electron chi connectivity index (χ4n) is 3.25. The van der Waals surface area contributed by atoms with Crippen LogP contribution >= 0.6 is 12.4 Å². The van der Waals surface area contributed by atoms with Crippen molar-refractivity contribution in [1.82, 2.24) is 20.4 Å². The minimum atomic E-state index is 0. The summed E-state index contributed by atoms with van der Waals surface area (Å²) >= 11 is 0. The van der Waals surface area contributed by atoms with Crippen LogP contribution in [0.5, 0.6) is 0 Å². The van der Waals surface area contributed by atoms with Gasteiger partial charge >= 0.3 is 0 Å². The van der Waals surface area contributed by atoms with Crippen molar-refractivity contribution < 1.29 is 9.32 Å². The number of nitrogens with zero attached hydrogens (tertiary/aromatic N) is 3. The molecule has 1 N–H and O–H groups in total. The molecule has 3 heterocycles. The van der Waals surface area contributed by atoms with Crippen molar-refractivity contribution in [2.24, 2.45) is 0 Å². The molecule has 0 spiro atoms. The van der Waals surface area contributed by atoms with Gasteiger partial charge in [-0.3, -0.25) is 4.79 Å². The second-order valence-electron chi connectivity index (χ2n) is 6.00. The van der Waals surface area contributed by atoms with Crippen molar-refractivity contribution in [3.05, 3.63) is 36.2 Å². The number of hydrogen-bond donors (Lipinski definition) is 1. The maximum Gasteiger partial charge on any atom is 0.257 e. The Bertz CT molecular complexity index is 676. The summed E-state index contributed by atoms with van der Waals surface area (Å²) in [5.41, 5.74) is 0.893. The van der Waals surface area contributed by atoms with Gasteiger partial charge in [-0.25, -0.2) is 0 Å². The standard InChI is InChI=1S/C16H18N4O2.ClH/c21-15-8-12-6-7-13(17-12)9-20(15)10-14-18-16(22-19-14)11-4-2-1-3-5-11;/h1-5,12-13,17H,6-10H2;1H/t12-,13+;/m1./s1. The summed E-state index contributed by atoms with van der Waals surface area (Å²) in [5, 5.41) is 7.52. The molecule has 2 bridgehead atoms. The van der Waals surface area contributed by atoms with E-state index in [9.17, 15) is 4.79 Å². The molecule has 6 nitrogen and oxygen atoms in total. The van der Waals surface area contributed by atoms with Crippen LogP contribution in [0, 0.1) is 0 Å². The number of nitrogens with one attached hydrogen (secondary N) is 1. The number of carbonyl (C=O) groups is 1. The van der Waals surface area contributed by atoms with Crippen LogP contribution in [0.1, 0.15) is 25.1 Å². The van der Waals surface area contributed by atoms with Crippen molar-refractivity contribution in [3.8, 4) is 11.5 Å². The van der Waals surface area contributed by atoms with Gasteiger partial charge in [0.15, 0.2) is 5.82 Å². The minimum Gasteiger partial charge on any atom is -0.334 e. The van der Waals surface area contributed by atoms with Crippen LogP contribution in [0.2, 0.25) is 0 Å². The van der Waals surface area contributed by atoms with E-state index in [1.807, 2.05) is 35.2 Å². The first-order valence-corrected chi connectivity index (χ1v) is 7.70. The first-order valence-electron chi connectivity index (χ1n) is 7.70. The second-order valence-corrected chi connectivity index (χ2v) is 6.00. The summed E-state index contributed by atoms with van der Waals surface area (Å²) in [4.78, 5) is 18.5. The van der Waals surface area contributed by atoms with E-state index in [1.165, 1.54) is 0 Å². The lowest BCUT2D eigenvalue weighted by Crippen LogP contribution is -2.37. The number of aromatic nitrogens is 2. The number of likely N-dealkylation sites (tertiary alicyclic amines) is 1. The Labute approximate surface area is 140 Å². The van der Waals surface area contributed by atoms with E-state index < -0.39 is 0 Å². The topological polar surface area (TPSA) is 71.3 Å². The van der Waals surface area contributed by atoms with Gasteiger partial charge in [0.25, 0.3) is 5.89 Å². The zero-order chi connectivity index (χ0) is 14.9. The third-order valence-electron chi connectivity index (χ3n) is 4.37. The summed E-state index contributed by atoms with van der Waals surface area (Å²) in [6, 6.07) is 10.4. The molecule has 4 rings (SSSR count). The highest BCUT2D eigenvalue weighted by atomic mass is 35.5.